The molecule has 0 radical (unpaired) electrons. The Kier molecular flexibility index (Phi) is 4.96. The van der Waals surface area contributed by atoms with Gasteiger partial charge in [-0.3, -0.25) is 4.79 Å². The number of imidazole rings is 1. The molecule has 0 aliphatic carbocycles. The lowest BCUT2D eigenvalue weighted by atomic mass is 9.97. The number of aromatic nitrogens is 2. The van der Waals surface area contributed by atoms with E-state index in [-0.39, 0.29) is 5.97 Å². The van der Waals surface area contributed by atoms with Gasteiger partial charge in [-0.05, 0) is 25.9 Å². The van der Waals surface area contributed by atoms with Gasteiger partial charge in [-0.2, -0.15) is 0 Å². The summed E-state index contributed by atoms with van der Waals surface area (Å²) in [6.07, 6.45) is 6.61. The smallest absolute Gasteiger partial charge is 0.307 e. The van der Waals surface area contributed by atoms with Crippen LogP contribution >= 0.6 is 0 Å². The summed E-state index contributed by atoms with van der Waals surface area (Å²) in [5.41, 5.74) is 0. The van der Waals surface area contributed by atoms with Crippen LogP contribution < -0.4 is 0 Å². The summed E-state index contributed by atoms with van der Waals surface area (Å²) in [5.74, 6) is 1.43. The van der Waals surface area contributed by atoms with E-state index in [4.69, 9.17) is 0 Å². The molecule has 0 saturated carbocycles. The Balaban J connectivity index is 2.00. The number of carbonyl (C=O) groups is 1. The predicted molar refractivity (Wildman–Crippen MR) is 72.9 cm³/mol. The minimum Gasteiger partial charge on any atom is -0.469 e. The van der Waals surface area contributed by atoms with Gasteiger partial charge in [0.25, 0.3) is 0 Å². The van der Waals surface area contributed by atoms with Crippen molar-refractivity contribution < 1.29 is 9.53 Å². The summed E-state index contributed by atoms with van der Waals surface area (Å²) >= 11 is 0. The minimum absolute atomic E-state index is 0.168. The van der Waals surface area contributed by atoms with Crippen LogP contribution in [0.15, 0.2) is 12.4 Å². The Bertz CT molecular complexity index is 417. The van der Waals surface area contributed by atoms with E-state index in [0.29, 0.717) is 18.9 Å². The number of carbonyl (C=O) groups excluding carboxylic acids is 1. The number of ether oxygens (including phenoxy) is 1. The quantitative estimate of drug-likeness (QED) is 0.759. The average molecular weight is 265 g/mol. The van der Waals surface area contributed by atoms with Crippen molar-refractivity contribution in [2.24, 2.45) is 0 Å². The lowest BCUT2D eigenvalue weighted by Crippen LogP contribution is -2.35. The summed E-state index contributed by atoms with van der Waals surface area (Å²) in [4.78, 5) is 18.2. The molecule has 0 N–H and O–H groups in total. The van der Waals surface area contributed by atoms with Gasteiger partial charge in [0, 0.05) is 31.4 Å². The van der Waals surface area contributed by atoms with Gasteiger partial charge >= 0.3 is 5.97 Å². The fraction of sp³-hybridized carbons (Fsp3) is 0.714. The van der Waals surface area contributed by atoms with E-state index in [9.17, 15) is 4.79 Å². The van der Waals surface area contributed by atoms with Crippen molar-refractivity contribution in [3.05, 3.63) is 18.2 Å². The lowest BCUT2D eigenvalue weighted by molar-refractivity contribution is -0.140. The van der Waals surface area contributed by atoms with Crippen molar-refractivity contribution >= 4 is 5.97 Å². The predicted octanol–water partition coefficient (Wildman–Crippen LogP) is 1.65. The third-order valence-electron chi connectivity index (χ3n) is 3.85. The normalized spacial score (nSPS) is 20.4. The molecule has 0 aromatic carbocycles. The van der Waals surface area contributed by atoms with Gasteiger partial charge in [-0.15, -0.1) is 0 Å². The molecule has 1 saturated heterocycles. The van der Waals surface area contributed by atoms with Crippen LogP contribution in [0.4, 0.5) is 0 Å². The lowest BCUT2D eigenvalue weighted by Gasteiger charge is -2.31. The van der Waals surface area contributed by atoms with Crippen molar-refractivity contribution in [1.29, 1.82) is 0 Å². The van der Waals surface area contributed by atoms with Crippen molar-refractivity contribution in [2.75, 3.05) is 26.7 Å². The second kappa shape index (κ2) is 6.70. The first kappa shape index (κ1) is 14.1. The van der Waals surface area contributed by atoms with Crippen LogP contribution in [0.1, 0.15) is 37.9 Å². The number of hydrogen-bond acceptors (Lipinski definition) is 4. The number of piperidine rings is 1. The zero-order chi connectivity index (χ0) is 13.7. The number of aryl methyl sites for hydroxylation is 1. The second-order valence-electron chi connectivity index (χ2n) is 5.04. The molecule has 1 aromatic heterocycles. The molecular weight excluding hydrogens is 242 g/mol. The van der Waals surface area contributed by atoms with Crippen LogP contribution in [0.2, 0.25) is 0 Å². The fourth-order valence-electron chi connectivity index (χ4n) is 2.74. The second-order valence-corrected chi connectivity index (χ2v) is 5.04. The molecule has 0 spiro atoms. The molecule has 106 valence electrons. The molecule has 0 amide bonds. The summed E-state index contributed by atoms with van der Waals surface area (Å²) < 4.78 is 6.79. The topological polar surface area (TPSA) is 47.4 Å². The molecule has 1 atom stereocenters. The number of rotatable bonds is 5. The van der Waals surface area contributed by atoms with E-state index in [0.717, 1.165) is 18.9 Å². The fourth-order valence-corrected chi connectivity index (χ4v) is 2.74. The standard InChI is InChI=1S/C14H23N3O2/c1-3-16-8-4-5-12(11-16)14-15-7-10-17(14)9-6-13(18)19-2/h7,10,12H,3-6,8-9,11H2,1-2H3. The van der Waals surface area contributed by atoms with Crippen molar-refractivity contribution in [2.45, 2.75) is 38.6 Å². The number of hydrogen-bond donors (Lipinski definition) is 0. The molecule has 0 bridgehead atoms. The molecule has 1 fully saturated rings. The van der Waals surface area contributed by atoms with E-state index in [2.05, 4.69) is 26.1 Å². The molecule has 1 aliphatic heterocycles. The maximum absolute atomic E-state index is 11.2. The average Bonchev–Trinajstić information content (AvgIpc) is 2.93. The van der Waals surface area contributed by atoms with Gasteiger partial charge in [0.2, 0.25) is 0 Å². The number of methoxy groups -OCH3 is 1. The highest BCUT2D eigenvalue weighted by atomic mass is 16.5. The van der Waals surface area contributed by atoms with Gasteiger partial charge in [0.15, 0.2) is 0 Å². The Morgan fingerprint density at radius 1 is 1.58 bits per heavy atom. The van der Waals surface area contributed by atoms with E-state index >= 15 is 0 Å². The van der Waals surface area contributed by atoms with Gasteiger partial charge in [0.05, 0.1) is 13.5 Å². The highest BCUT2D eigenvalue weighted by molar-refractivity contribution is 5.68. The van der Waals surface area contributed by atoms with E-state index in [1.165, 1.54) is 26.5 Å². The van der Waals surface area contributed by atoms with Crippen LogP contribution in [0.25, 0.3) is 0 Å². The third kappa shape index (κ3) is 3.56. The van der Waals surface area contributed by atoms with Gasteiger partial charge in [-0.25, -0.2) is 4.98 Å². The van der Waals surface area contributed by atoms with Crippen LogP contribution in [0.3, 0.4) is 0 Å². The molecule has 2 rings (SSSR count). The number of nitrogens with zero attached hydrogens (tertiary/aromatic N) is 3. The Hall–Kier alpha value is -1.36. The van der Waals surface area contributed by atoms with E-state index < -0.39 is 0 Å². The molecule has 1 unspecified atom stereocenters. The van der Waals surface area contributed by atoms with E-state index in [1.54, 1.807) is 0 Å². The Morgan fingerprint density at radius 2 is 2.42 bits per heavy atom. The van der Waals surface area contributed by atoms with Crippen molar-refractivity contribution in [3.8, 4) is 0 Å². The van der Waals surface area contributed by atoms with Crippen molar-refractivity contribution in [1.82, 2.24) is 14.5 Å². The zero-order valence-corrected chi connectivity index (χ0v) is 11.8. The zero-order valence-electron chi connectivity index (χ0n) is 11.8. The van der Waals surface area contributed by atoms with Gasteiger partial charge in [0.1, 0.15) is 5.82 Å². The third-order valence-corrected chi connectivity index (χ3v) is 3.85. The molecule has 5 nitrogen and oxygen atoms in total. The highest BCUT2D eigenvalue weighted by Gasteiger charge is 2.23. The first-order valence-corrected chi connectivity index (χ1v) is 7.04. The number of likely N-dealkylation sites (tertiary alicyclic amines) is 1. The van der Waals surface area contributed by atoms with Gasteiger partial charge in [-0.1, -0.05) is 6.92 Å². The first-order chi connectivity index (χ1) is 9.24. The number of likely N-dealkylation sites (N-methyl/N-ethyl adjacent to an activating group) is 1. The first-order valence-electron chi connectivity index (χ1n) is 7.04. The molecule has 19 heavy (non-hydrogen) atoms. The highest BCUT2D eigenvalue weighted by Crippen LogP contribution is 2.25. The van der Waals surface area contributed by atoms with Gasteiger partial charge < -0.3 is 14.2 Å². The monoisotopic (exact) mass is 265 g/mol. The molecular formula is C14H23N3O2. The SMILES string of the molecule is CCN1CCCC(c2nccn2CCC(=O)OC)C1. The maximum atomic E-state index is 11.2. The minimum atomic E-state index is -0.168. The number of esters is 1. The van der Waals surface area contributed by atoms with Crippen LogP contribution in [-0.2, 0) is 16.1 Å². The van der Waals surface area contributed by atoms with Crippen molar-refractivity contribution in [3.63, 3.8) is 0 Å². The van der Waals surface area contributed by atoms with E-state index in [1.807, 2.05) is 12.4 Å². The summed E-state index contributed by atoms with van der Waals surface area (Å²) in [7, 11) is 1.43. The summed E-state index contributed by atoms with van der Waals surface area (Å²) in [5, 5.41) is 0. The maximum Gasteiger partial charge on any atom is 0.307 e. The summed E-state index contributed by atoms with van der Waals surface area (Å²) in [6.45, 7) is 6.22. The Labute approximate surface area is 114 Å². The molecule has 5 heteroatoms. The van der Waals surface area contributed by atoms with Crippen LogP contribution in [-0.4, -0.2) is 47.2 Å². The largest absolute Gasteiger partial charge is 0.469 e. The molecule has 1 aliphatic rings. The molecule has 1 aromatic rings. The van der Waals surface area contributed by atoms with Crippen LogP contribution in [0, 0.1) is 0 Å². The summed E-state index contributed by atoms with van der Waals surface area (Å²) in [6, 6.07) is 0. The Morgan fingerprint density at radius 3 is 3.16 bits per heavy atom. The van der Waals surface area contributed by atoms with Crippen LogP contribution in [0.5, 0.6) is 0 Å². The molecule has 2 heterocycles.